The first kappa shape index (κ1) is 13.2. The van der Waals surface area contributed by atoms with Gasteiger partial charge in [0.25, 0.3) is 5.69 Å². The summed E-state index contributed by atoms with van der Waals surface area (Å²) in [6.07, 6.45) is 2.03. The van der Waals surface area contributed by atoms with Crippen molar-refractivity contribution in [2.24, 2.45) is 0 Å². The lowest BCUT2D eigenvalue weighted by atomic mass is 9.96. The first-order chi connectivity index (χ1) is 9.08. The van der Waals surface area contributed by atoms with Gasteiger partial charge in [0, 0.05) is 18.6 Å². The van der Waals surface area contributed by atoms with Crippen LogP contribution in [0.25, 0.3) is 0 Å². The van der Waals surface area contributed by atoms with Crippen LogP contribution in [0.2, 0.25) is 0 Å². The number of hydrogen-bond donors (Lipinski definition) is 0. The highest BCUT2D eigenvalue weighted by atomic mass is 16.6. The summed E-state index contributed by atoms with van der Waals surface area (Å²) in [5, 5.41) is 10.5. The number of benzene rings is 1. The zero-order valence-corrected chi connectivity index (χ0v) is 10.2. The summed E-state index contributed by atoms with van der Waals surface area (Å²) >= 11 is 0. The first-order valence-corrected chi connectivity index (χ1v) is 6.06. The summed E-state index contributed by atoms with van der Waals surface area (Å²) in [4.78, 5) is 33.3. The molecule has 100 valence electrons. The Bertz CT molecular complexity index is 508. The van der Waals surface area contributed by atoms with E-state index in [0.29, 0.717) is 12.8 Å². The molecule has 0 N–H and O–H groups in total. The van der Waals surface area contributed by atoms with Crippen molar-refractivity contribution in [2.45, 2.75) is 31.8 Å². The average Bonchev–Trinajstić information content (AvgIpc) is 2.41. The molecule has 0 aliphatic heterocycles. The quantitative estimate of drug-likeness (QED) is 0.474. The summed E-state index contributed by atoms with van der Waals surface area (Å²) in [5.74, 6) is -0.670. The number of hydrogen-bond acceptors (Lipinski definition) is 5. The van der Waals surface area contributed by atoms with E-state index in [0.717, 1.165) is 12.8 Å². The van der Waals surface area contributed by atoms with Gasteiger partial charge in [0.15, 0.2) is 11.9 Å². The lowest BCUT2D eigenvalue weighted by Crippen LogP contribution is -2.30. The highest BCUT2D eigenvalue weighted by Gasteiger charge is 2.26. The Morgan fingerprint density at radius 1 is 1.26 bits per heavy atom. The van der Waals surface area contributed by atoms with E-state index in [4.69, 9.17) is 4.74 Å². The number of carbonyl (C=O) groups excluding carboxylic acids is 2. The van der Waals surface area contributed by atoms with Crippen molar-refractivity contribution < 1.29 is 19.2 Å². The summed E-state index contributed by atoms with van der Waals surface area (Å²) in [7, 11) is 0. The summed E-state index contributed by atoms with van der Waals surface area (Å²) < 4.78 is 5.13. The first-order valence-electron chi connectivity index (χ1n) is 6.06. The number of esters is 1. The van der Waals surface area contributed by atoms with Crippen LogP contribution >= 0.6 is 0 Å². The van der Waals surface area contributed by atoms with Crippen LogP contribution in [0.15, 0.2) is 24.3 Å². The third kappa shape index (κ3) is 3.15. The summed E-state index contributed by atoms with van der Waals surface area (Å²) in [6.45, 7) is 0. The van der Waals surface area contributed by atoms with Gasteiger partial charge in [-0.15, -0.1) is 0 Å². The Hall–Kier alpha value is -2.24. The van der Waals surface area contributed by atoms with E-state index in [-0.39, 0.29) is 17.0 Å². The van der Waals surface area contributed by atoms with Crippen LogP contribution < -0.4 is 0 Å². The van der Waals surface area contributed by atoms with Gasteiger partial charge in [-0.25, -0.2) is 4.79 Å². The monoisotopic (exact) mass is 263 g/mol. The van der Waals surface area contributed by atoms with Gasteiger partial charge in [-0.1, -0.05) is 0 Å². The van der Waals surface area contributed by atoms with Gasteiger partial charge in [-0.05, 0) is 31.4 Å². The number of non-ortho nitro benzene ring substituents is 1. The van der Waals surface area contributed by atoms with Gasteiger partial charge in [-0.3, -0.25) is 14.9 Å². The fraction of sp³-hybridized carbons (Fsp3) is 0.385. The molecule has 0 radical (unpaired) electrons. The van der Waals surface area contributed by atoms with Crippen LogP contribution in [-0.2, 0) is 9.53 Å². The van der Waals surface area contributed by atoms with Crippen LogP contribution in [-0.4, -0.2) is 22.8 Å². The van der Waals surface area contributed by atoms with E-state index in [1.165, 1.54) is 24.3 Å². The topological polar surface area (TPSA) is 86.5 Å². The zero-order chi connectivity index (χ0) is 13.8. The molecule has 0 unspecified atom stereocenters. The Kier molecular flexibility index (Phi) is 3.89. The van der Waals surface area contributed by atoms with Crippen molar-refractivity contribution in [2.75, 3.05) is 0 Å². The van der Waals surface area contributed by atoms with Gasteiger partial charge >= 0.3 is 5.97 Å². The number of rotatable bonds is 3. The van der Waals surface area contributed by atoms with Gasteiger partial charge in [0.1, 0.15) is 0 Å². The van der Waals surface area contributed by atoms with E-state index in [1.54, 1.807) is 0 Å². The van der Waals surface area contributed by atoms with Crippen LogP contribution in [0.4, 0.5) is 5.69 Å². The molecule has 1 aliphatic rings. The zero-order valence-electron chi connectivity index (χ0n) is 10.2. The molecule has 0 amide bonds. The third-order valence-corrected chi connectivity index (χ3v) is 3.06. The Morgan fingerprint density at radius 2 is 1.95 bits per heavy atom. The highest BCUT2D eigenvalue weighted by Crippen LogP contribution is 2.19. The van der Waals surface area contributed by atoms with Crippen LogP contribution in [0.3, 0.4) is 0 Å². The van der Waals surface area contributed by atoms with Gasteiger partial charge in [0.2, 0.25) is 0 Å². The summed E-state index contributed by atoms with van der Waals surface area (Å²) in [5.41, 5.74) is 0.120. The molecule has 1 fully saturated rings. The molecule has 0 spiro atoms. The predicted molar refractivity (Wildman–Crippen MR) is 65.8 cm³/mol. The number of nitrogens with zero attached hydrogens (tertiary/aromatic N) is 1. The average molecular weight is 263 g/mol. The maximum absolute atomic E-state index is 11.8. The number of carbonyl (C=O) groups is 2. The second-order valence-electron chi connectivity index (χ2n) is 4.41. The van der Waals surface area contributed by atoms with Crippen molar-refractivity contribution in [1.29, 1.82) is 0 Å². The molecular weight excluding hydrogens is 250 g/mol. The number of Topliss-reactive ketones (excluding diaryl/α,β-unsaturated/α-hetero) is 1. The van der Waals surface area contributed by atoms with E-state index in [9.17, 15) is 19.7 Å². The third-order valence-electron chi connectivity index (χ3n) is 3.06. The Labute approximate surface area is 109 Å². The normalized spacial score (nSPS) is 18.9. The number of nitro groups is 1. The molecule has 0 heterocycles. The minimum absolute atomic E-state index is 0.0542. The number of ether oxygens (including phenoxy) is 1. The molecule has 2 rings (SSSR count). The standard InChI is InChI=1S/C13H13NO5/c15-11-3-1-2-4-12(11)19-13(16)9-5-7-10(8-6-9)14(17)18/h5-8,12H,1-4H2/t12-/m1/s1. The molecular formula is C13H13NO5. The lowest BCUT2D eigenvalue weighted by Gasteiger charge is -2.20. The fourth-order valence-corrected chi connectivity index (χ4v) is 1.99. The molecule has 19 heavy (non-hydrogen) atoms. The SMILES string of the molecule is O=C(O[C@@H]1CCCCC1=O)c1ccc([N+](=O)[O-])cc1. The second-order valence-corrected chi connectivity index (χ2v) is 4.41. The maximum atomic E-state index is 11.8. The van der Waals surface area contributed by atoms with E-state index >= 15 is 0 Å². The molecule has 1 aromatic carbocycles. The second kappa shape index (κ2) is 5.60. The number of ketones is 1. The Balaban J connectivity index is 2.03. The minimum Gasteiger partial charge on any atom is -0.451 e. The van der Waals surface area contributed by atoms with Crippen molar-refractivity contribution in [3.8, 4) is 0 Å². The van der Waals surface area contributed by atoms with Gasteiger partial charge in [0.05, 0.1) is 10.5 Å². The smallest absolute Gasteiger partial charge is 0.338 e. The number of nitro benzene ring substituents is 1. The van der Waals surface area contributed by atoms with E-state index in [2.05, 4.69) is 0 Å². The van der Waals surface area contributed by atoms with Crippen molar-refractivity contribution in [3.05, 3.63) is 39.9 Å². The minimum atomic E-state index is -0.670. The Morgan fingerprint density at radius 3 is 2.53 bits per heavy atom. The lowest BCUT2D eigenvalue weighted by molar-refractivity contribution is -0.384. The molecule has 1 saturated carbocycles. The summed E-state index contributed by atoms with van der Waals surface area (Å²) in [6, 6.07) is 5.13. The van der Waals surface area contributed by atoms with E-state index < -0.39 is 17.0 Å². The fourth-order valence-electron chi connectivity index (χ4n) is 1.99. The van der Waals surface area contributed by atoms with Crippen LogP contribution in [0, 0.1) is 10.1 Å². The molecule has 0 bridgehead atoms. The van der Waals surface area contributed by atoms with Crippen LogP contribution in [0.5, 0.6) is 0 Å². The van der Waals surface area contributed by atoms with Crippen LogP contribution in [0.1, 0.15) is 36.0 Å². The largest absolute Gasteiger partial charge is 0.451 e. The molecule has 0 saturated heterocycles. The van der Waals surface area contributed by atoms with E-state index in [1.807, 2.05) is 0 Å². The maximum Gasteiger partial charge on any atom is 0.338 e. The molecule has 6 nitrogen and oxygen atoms in total. The van der Waals surface area contributed by atoms with Crippen molar-refractivity contribution in [3.63, 3.8) is 0 Å². The predicted octanol–water partition coefficient (Wildman–Crippen LogP) is 2.26. The van der Waals surface area contributed by atoms with Gasteiger partial charge in [-0.2, -0.15) is 0 Å². The van der Waals surface area contributed by atoms with Crippen molar-refractivity contribution >= 4 is 17.4 Å². The molecule has 1 aliphatic carbocycles. The van der Waals surface area contributed by atoms with Gasteiger partial charge < -0.3 is 4.74 Å². The molecule has 6 heteroatoms. The molecule has 1 atom stereocenters. The molecule has 1 aromatic rings. The molecule has 0 aromatic heterocycles. The highest BCUT2D eigenvalue weighted by molar-refractivity contribution is 5.93. The van der Waals surface area contributed by atoms with Crippen molar-refractivity contribution in [1.82, 2.24) is 0 Å².